The number of carbonyl (C=O) groups excluding carboxylic acids is 1. The van der Waals surface area contributed by atoms with Gasteiger partial charge in [-0.05, 0) is 71.0 Å². The smallest absolute Gasteiger partial charge is 0.248 e. The van der Waals surface area contributed by atoms with Crippen molar-refractivity contribution < 1.29 is 4.79 Å². The minimum Gasteiger partial charge on any atom is -0.380 e. The molecule has 5 heteroatoms. The van der Waals surface area contributed by atoms with Crippen LogP contribution in [0, 0.1) is 10.5 Å². The minimum atomic E-state index is -0.409. The maximum atomic E-state index is 11.1. The first-order valence-electron chi connectivity index (χ1n) is 6.05. The quantitative estimate of drug-likeness (QED) is 0.763. The summed E-state index contributed by atoms with van der Waals surface area (Å²) in [6.07, 6.45) is 0. The van der Waals surface area contributed by atoms with Crippen molar-refractivity contribution >= 4 is 45.8 Å². The van der Waals surface area contributed by atoms with E-state index < -0.39 is 5.91 Å². The molecule has 0 radical (unpaired) electrons. The summed E-state index contributed by atoms with van der Waals surface area (Å²) >= 11 is 8.39. The summed E-state index contributed by atoms with van der Waals surface area (Å²) in [7, 11) is 0. The Labute approximate surface area is 136 Å². The average Bonchev–Trinajstić information content (AvgIpc) is 2.38. The maximum absolute atomic E-state index is 11.1. The summed E-state index contributed by atoms with van der Waals surface area (Å²) < 4.78 is 1.10. The number of nitrogens with one attached hydrogen (secondary N) is 1. The van der Waals surface area contributed by atoms with E-state index in [0.717, 1.165) is 20.4 Å². The zero-order valence-corrected chi connectivity index (χ0v) is 13.8. The van der Waals surface area contributed by atoms with Crippen LogP contribution in [0.1, 0.15) is 21.5 Å². The molecule has 0 atom stereocenters. The van der Waals surface area contributed by atoms with E-state index in [1.54, 1.807) is 12.1 Å². The Morgan fingerprint density at radius 2 is 2.05 bits per heavy atom. The van der Waals surface area contributed by atoms with E-state index in [1.165, 1.54) is 0 Å². The van der Waals surface area contributed by atoms with Crippen LogP contribution in [-0.2, 0) is 6.54 Å². The standard InChI is InChI=1S/C15H14ClIN2O/c1-9-6-10(15(18)20)2-3-11(9)8-19-14-5-4-12(17)7-13(14)16/h2-7,19H,8H2,1H3,(H2,18,20). The van der Waals surface area contributed by atoms with E-state index in [0.29, 0.717) is 17.1 Å². The van der Waals surface area contributed by atoms with Gasteiger partial charge >= 0.3 is 0 Å². The fourth-order valence-corrected chi connectivity index (χ4v) is 2.79. The molecule has 20 heavy (non-hydrogen) atoms. The molecular formula is C15H14ClIN2O. The Bertz CT molecular complexity index is 658. The van der Waals surface area contributed by atoms with Crippen LogP contribution in [0.3, 0.4) is 0 Å². The number of nitrogens with two attached hydrogens (primary N) is 1. The van der Waals surface area contributed by atoms with Crippen LogP contribution in [0.25, 0.3) is 0 Å². The summed E-state index contributed by atoms with van der Waals surface area (Å²) in [4.78, 5) is 11.1. The van der Waals surface area contributed by atoms with Gasteiger partial charge in [-0.2, -0.15) is 0 Å². The summed E-state index contributed by atoms with van der Waals surface area (Å²) in [5.74, 6) is -0.409. The number of anilines is 1. The number of halogens is 2. The molecule has 3 N–H and O–H groups in total. The molecule has 0 aliphatic heterocycles. The molecule has 0 fully saturated rings. The summed E-state index contributed by atoms with van der Waals surface area (Å²) in [6, 6.07) is 11.3. The van der Waals surface area contributed by atoms with Crippen molar-refractivity contribution in [2.24, 2.45) is 5.73 Å². The number of rotatable bonds is 4. The topological polar surface area (TPSA) is 55.1 Å². The number of hydrogen-bond donors (Lipinski definition) is 2. The maximum Gasteiger partial charge on any atom is 0.248 e. The van der Waals surface area contributed by atoms with E-state index in [4.69, 9.17) is 17.3 Å². The molecule has 0 saturated heterocycles. The van der Waals surface area contributed by atoms with E-state index in [1.807, 2.05) is 31.2 Å². The van der Waals surface area contributed by atoms with Gasteiger partial charge in [0.05, 0.1) is 10.7 Å². The molecule has 0 aliphatic carbocycles. The molecule has 0 aliphatic rings. The first-order valence-corrected chi connectivity index (χ1v) is 7.51. The first kappa shape index (κ1) is 15.1. The van der Waals surface area contributed by atoms with Gasteiger partial charge in [0.2, 0.25) is 5.91 Å². The van der Waals surface area contributed by atoms with Crippen LogP contribution >= 0.6 is 34.2 Å². The van der Waals surface area contributed by atoms with Gasteiger partial charge in [-0.1, -0.05) is 17.7 Å². The van der Waals surface area contributed by atoms with E-state index in [-0.39, 0.29) is 0 Å². The van der Waals surface area contributed by atoms with Crippen molar-refractivity contribution in [2.75, 3.05) is 5.32 Å². The second-order valence-electron chi connectivity index (χ2n) is 4.48. The predicted molar refractivity (Wildman–Crippen MR) is 91.2 cm³/mol. The highest BCUT2D eigenvalue weighted by Gasteiger charge is 2.05. The molecule has 0 heterocycles. The predicted octanol–water partition coefficient (Wildman–Crippen LogP) is 3.96. The fourth-order valence-electron chi connectivity index (χ4n) is 1.87. The largest absolute Gasteiger partial charge is 0.380 e. The highest BCUT2D eigenvalue weighted by atomic mass is 127. The summed E-state index contributed by atoms with van der Waals surface area (Å²) in [5, 5.41) is 3.99. The Hall–Kier alpha value is -1.27. The second-order valence-corrected chi connectivity index (χ2v) is 6.14. The van der Waals surface area contributed by atoms with Gasteiger partial charge in [-0.25, -0.2) is 0 Å². The third kappa shape index (κ3) is 3.64. The molecule has 1 amide bonds. The molecule has 0 saturated carbocycles. The number of aryl methyl sites for hydroxylation is 1. The van der Waals surface area contributed by atoms with E-state index >= 15 is 0 Å². The lowest BCUT2D eigenvalue weighted by atomic mass is 10.0. The van der Waals surface area contributed by atoms with Gasteiger partial charge in [0.25, 0.3) is 0 Å². The van der Waals surface area contributed by atoms with Crippen LogP contribution in [-0.4, -0.2) is 5.91 Å². The lowest BCUT2D eigenvalue weighted by Gasteiger charge is -2.11. The van der Waals surface area contributed by atoms with Gasteiger partial charge in [0.15, 0.2) is 0 Å². The molecule has 0 aromatic heterocycles. The van der Waals surface area contributed by atoms with Crippen LogP contribution in [0.15, 0.2) is 36.4 Å². The summed E-state index contributed by atoms with van der Waals surface area (Å²) in [6.45, 7) is 2.60. The van der Waals surface area contributed by atoms with Crippen molar-refractivity contribution in [3.05, 3.63) is 61.7 Å². The van der Waals surface area contributed by atoms with Gasteiger partial charge in [-0.15, -0.1) is 0 Å². The van der Waals surface area contributed by atoms with Crippen molar-refractivity contribution in [3.8, 4) is 0 Å². The van der Waals surface area contributed by atoms with E-state index in [9.17, 15) is 4.79 Å². The monoisotopic (exact) mass is 400 g/mol. The number of benzene rings is 2. The Balaban J connectivity index is 2.13. The van der Waals surface area contributed by atoms with Crippen LogP contribution in [0.2, 0.25) is 5.02 Å². The number of hydrogen-bond acceptors (Lipinski definition) is 2. The highest BCUT2D eigenvalue weighted by Crippen LogP contribution is 2.24. The van der Waals surface area contributed by atoms with Crippen molar-refractivity contribution in [1.82, 2.24) is 0 Å². The van der Waals surface area contributed by atoms with Crippen LogP contribution in [0.4, 0.5) is 5.69 Å². The molecule has 104 valence electrons. The molecule has 0 unspecified atom stereocenters. The summed E-state index contributed by atoms with van der Waals surface area (Å²) in [5.41, 5.74) is 8.80. The second kappa shape index (κ2) is 6.45. The Morgan fingerprint density at radius 1 is 1.30 bits per heavy atom. The third-order valence-electron chi connectivity index (χ3n) is 3.03. The lowest BCUT2D eigenvalue weighted by molar-refractivity contribution is 0.1000. The Kier molecular flexibility index (Phi) is 4.88. The van der Waals surface area contributed by atoms with Crippen molar-refractivity contribution in [2.45, 2.75) is 13.5 Å². The molecule has 3 nitrogen and oxygen atoms in total. The van der Waals surface area contributed by atoms with Gasteiger partial charge in [-0.3, -0.25) is 4.79 Å². The number of carbonyl (C=O) groups is 1. The number of primary amides is 1. The molecule has 0 spiro atoms. The molecule has 2 rings (SSSR count). The normalized spacial score (nSPS) is 10.3. The SMILES string of the molecule is Cc1cc(C(N)=O)ccc1CNc1ccc(I)cc1Cl. The zero-order chi connectivity index (χ0) is 14.7. The highest BCUT2D eigenvalue weighted by molar-refractivity contribution is 14.1. The average molecular weight is 401 g/mol. The number of amides is 1. The molecular weight excluding hydrogens is 387 g/mol. The fraction of sp³-hybridized carbons (Fsp3) is 0.133. The zero-order valence-electron chi connectivity index (χ0n) is 10.9. The van der Waals surface area contributed by atoms with Crippen LogP contribution < -0.4 is 11.1 Å². The third-order valence-corrected chi connectivity index (χ3v) is 4.01. The van der Waals surface area contributed by atoms with Gasteiger partial charge in [0.1, 0.15) is 0 Å². The van der Waals surface area contributed by atoms with Crippen molar-refractivity contribution in [1.29, 1.82) is 0 Å². The lowest BCUT2D eigenvalue weighted by Crippen LogP contribution is -2.11. The van der Waals surface area contributed by atoms with Gasteiger partial charge < -0.3 is 11.1 Å². The molecule has 0 bridgehead atoms. The van der Waals surface area contributed by atoms with E-state index in [2.05, 4.69) is 27.9 Å². The molecule has 2 aromatic carbocycles. The van der Waals surface area contributed by atoms with Crippen molar-refractivity contribution in [3.63, 3.8) is 0 Å². The Morgan fingerprint density at radius 3 is 2.65 bits per heavy atom. The van der Waals surface area contributed by atoms with Gasteiger partial charge in [0, 0.05) is 15.7 Å². The molecule has 2 aromatic rings. The first-order chi connectivity index (χ1) is 9.47. The van der Waals surface area contributed by atoms with Crippen LogP contribution in [0.5, 0.6) is 0 Å². The minimum absolute atomic E-state index is 0.409.